The maximum absolute atomic E-state index is 14.8. The summed E-state index contributed by atoms with van der Waals surface area (Å²) >= 11 is 1.26. The summed E-state index contributed by atoms with van der Waals surface area (Å²) in [5.74, 6) is -1.19. The Balaban J connectivity index is 0.00000128. The number of fused-ring (bicyclic) bond motifs is 1. The molecule has 0 spiro atoms. The van der Waals surface area contributed by atoms with E-state index in [1.54, 1.807) is 30.0 Å². The van der Waals surface area contributed by atoms with Gasteiger partial charge in [0.1, 0.15) is 12.1 Å². The number of H-pyrrole nitrogens is 1. The summed E-state index contributed by atoms with van der Waals surface area (Å²) in [4.78, 5) is 25.0. The van der Waals surface area contributed by atoms with Crippen LogP contribution < -0.4 is 5.32 Å². The molecular weight excluding hydrogens is 510 g/mol. The van der Waals surface area contributed by atoms with Crippen LogP contribution in [0, 0.1) is 5.82 Å². The van der Waals surface area contributed by atoms with Crippen molar-refractivity contribution in [2.24, 2.45) is 0 Å². The van der Waals surface area contributed by atoms with Crippen LogP contribution in [0.15, 0.2) is 66.7 Å². The number of carbonyl (C=O) groups is 1. The van der Waals surface area contributed by atoms with Crippen molar-refractivity contribution < 1.29 is 9.18 Å². The molecule has 0 atom stereocenters. The van der Waals surface area contributed by atoms with Gasteiger partial charge in [0.25, 0.3) is 5.91 Å². The largest absolute Gasteiger partial charge is 0.298 e. The molecule has 0 saturated heterocycles. The molecule has 0 radical (unpaired) electrons. The zero-order chi connectivity index (χ0) is 20.5. The number of benzene rings is 2. The Labute approximate surface area is 210 Å². The average molecular weight is 526 g/mol. The minimum absolute atomic E-state index is 0. The number of amides is 1. The van der Waals surface area contributed by atoms with Crippen LogP contribution in [0.1, 0.15) is 10.4 Å². The number of rotatable bonds is 4. The van der Waals surface area contributed by atoms with Gasteiger partial charge >= 0.3 is 0 Å². The van der Waals surface area contributed by atoms with Gasteiger partial charge in [0.15, 0.2) is 5.13 Å². The van der Waals surface area contributed by atoms with Gasteiger partial charge in [-0.05, 0) is 29.8 Å². The summed E-state index contributed by atoms with van der Waals surface area (Å²) in [5.41, 5.74) is 3.66. The molecule has 33 heavy (non-hydrogen) atoms. The van der Waals surface area contributed by atoms with E-state index in [2.05, 4.69) is 30.5 Å². The number of anilines is 1. The van der Waals surface area contributed by atoms with E-state index in [0.29, 0.717) is 16.4 Å². The highest BCUT2D eigenvalue weighted by Crippen LogP contribution is 2.30. The van der Waals surface area contributed by atoms with E-state index in [9.17, 15) is 9.18 Å². The van der Waals surface area contributed by atoms with Gasteiger partial charge in [-0.3, -0.25) is 15.2 Å². The molecular formula is C21H16Cl3FN6OS. The van der Waals surface area contributed by atoms with Crippen molar-refractivity contribution in [3.8, 4) is 22.4 Å². The lowest BCUT2D eigenvalue weighted by molar-refractivity contribution is 0.102. The van der Waals surface area contributed by atoms with Crippen LogP contribution in [0.4, 0.5) is 9.52 Å². The molecule has 7 nitrogen and oxygen atoms in total. The van der Waals surface area contributed by atoms with Crippen molar-refractivity contribution in [1.82, 2.24) is 25.1 Å². The fourth-order valence-corrected chi connectivity index (χ4v) is 3.70. The average Bonchev–Trinajstić information content (AvgIpc) is 3.47. The molecule has 0 unspecified atom stereocenters. The summed E-state index contributed by atoms with van der Waals surface area (Å²) in [6.45, 7) is 0. The van der Waals surface area contributed by atoms with E-state index in [0.717, 1.165) is 22.0 Å². The summed E-state index contributed by atoms with van der Waals surface area (Å²) in [7, 11) is 0. The minimum Gasteiger partial charge on any atom is -0.298 e. The predicted octanol–water partition coefficient (Wildman–Crippen LogP) is 5.80. The number of nitrogens with one attached hydrogen (secondary N) is 2. The van der Waals surface area contributed by atoms with Gasteiger partial charge in [0.05, 0.1) is 23.0 Å². The molecule has 2 N–H and O–H groups in total. The maximum Gasteiger partial charge on any atom is 0.260 e. The number of nitrogens with zero attached hydrogens (tertiary/aromatic N) is 4. The Kier molecular flexibility index (Phi) is 8.84. The molecule has 0 aliphatic heterocycles. The molecule has 0 fully saturated rings. The molecule has 3 aromatic heterocycles. The third-order valence-electron chi connectivity index (χ3n) is 4.61. The molecule has 2 aromatic carbocycles. The Bertz CT molecular complexity index is 1370. The zero-order valence-corrected chi connectivity index (χ0v) is 19.8. The fourth-order valence-electron chi connectivity index (χ4n) is 3.17. The van der Waals surface area contributed by atoms with Gasteiger partial charge in [0, 0.05) is 34.3 Å². The molecule has 170 valence electrons. The van der Waals surface area contributed by atoms with Gasteiger partial charge < -0.3 is 0 Å². The Morgan fingerprint density at radius 1 is 0.970 bits per heavy atom. The van der Waals surface area contributed by atoms with Crippen molar-refractivity contribution in [2.75, 3.05) is 5.32 Å². The highest BCUT2D eigenvalue weighted by molar-refractivity contribution is 7.13. The number of aromatic nitrogens is 5. The third-order valence-corrected chi connectivity index (χ3v) is 5.30. The Morgan fingerprint density at radius 3 is 2.48 bits per heavy atom. The van der Waals surface area contributed by atoms with Gasteiger partial charge in [0.2, 0.25) is 0 Å². The highest BCUT2D eigenvalue weighted by Gasteiger charge is 2.16. The predicted molar refractivity (Wildman–Crippen MR) is 134 cm³/mol. The second kappa shape index (κ2) is 11.2. The topological polar surface area (TPSA) is 96.5 Å². The maximum atomic E-state index is 14.8. The molecule has 5 aromatic rings. The van der Waals surface area contributed by atoms with E-state index >= 15 is 0 Å². The summed E-state index contributed by atoms with van der Waals surface area (Å²) in [6, 6.07) is 10.2. The smallest absolute Gasteiger partial charge is 0.260 e. The Hall–Kier alpha value is -3.11. The molecule has 5 rings (SSSR count). The van der Waals surface area contributed by atoms with Crippen molar-refractivity contribution in [3.63, 3.8) is 0 Å². The standard InChI is InChI=1S/C21H13FN6OS.3ClH/c22-17-8-13(1-3-15(17)20(29)28-21-23-5-6-30-21)19-16-7-12(14-9-26-27-10-14)2-4-18(16)24-11-25-19;;;/h1-11H,(H,26,27)(H,23,28,29);3*1H. The van der Waals surface area contributed by atoms with Gasteiger partial charge in [-0.15, -0.1) is 48.6 Å². The molecule has 12 heteroatoms. The van der Waals surface area contributed by atoms with E-state index in [1.807, 2.05) is 18.2 Å². The van der Waals surface area contributed by atoms with E-state index in [-0.39, 0.29) is 42.8 Å². The molecule has 0 saturated carbocycles. The second-order valence-electron chi connectivity index (χ2n) is 6.43. The van der Waals surface area contributed by atoms with Crippen molar-refractivity contribution in [3.05, 3.63) is 78.1 Å². The number of carbonyl (C=O) groups excluding carboxylic acids is 1. The lowest BCUT2D eigenvalue weighted by Crippen LogP contribution is -2.13. The summed E-state index contributed by atoms with van der Waals surface area (Å²) < 4.78 is 14.8. The lowest BCUT2D eigenvalue weighted by Gasteiger charge is -2.09. The third kappa shape index (κ3) is 5.28. The number of thiazole rings is 1. The van der Waals surface area contributed by atoms with Gasteiger partial charge in [-0.2, -0.15) is 5.10 Å². The van der Waals surface area contributed by atoms with E-state index < -0.39 is 11.7 Å². The normalized spacial score (nSPS) is 9.97. The SMILES string of the molecule is Cl.Cl.Cl.O=C(Nc1nccs1)c1ccc(-c2ncnc3ccc(-c4cn[nH]c4)cc23)cc1F. The van der Waals surface area contributed by atoms with Crippen LogP contribution >= 0.6 is 48.6 Å². The van der Waals surface area contributed by atoms with Gasteiger partial charge in [-0.1, -0.05) is 12.1 Å². The Morgan fingerprint density at radius 2 is 1.79 bits per heavy atom. The fraction of sp³-hybridized carbons (Fsp3) is 0. The lowest BCUT2D eigenvalue weighted by atomic mass is 10.0. The number of hydrogen-bond acceptors (Lipinski definition) is 6. The highest BCUT2D eigenvalue weighted by atomic mass is 35.5. The molecule has 3 heterocycles. The molecule has 0 aliphatic carbocycles. The van der Waals surface area contributed by atoms with Crippen molar-refractivity contribution in [1.29, 1.82) is 0 Å². The van der Waals surface area contributed by atoms with Crippen LogP contribution in [0.2, 0.25) is 0 Å². The summed E-state index contributed by atoms with van der Waals surface area (Å²) in [6.07, 6.45) is 6.52. The van der Waals surface area contributed by atoms with E-state index in [1.165, 1.54) is 29.8 Å². The van der Waals surface area contributed by atoms with Crippen LogP contribution in [0.25, 0.3) is 33.3 Å². The summed E-state index contributed by atoms with van der Waals surface area (Å²) in [5, 5.41) is 12.3. The first-order chi connectivity index (χ1) is 14.7. The van der Waals surface area contributed by atoms with Crippen molar-refractivity contribution in [2.45, 2.75) is 0 Å². The van der Waals surface area contributed by atoms with Gasteiger partial charge in [-0.25, -0.2) is 19.3 Å². The monoisotopic (exact) mass is 524 g/mol. The first kappa shape index (κ1) is 26.1. The van der Waals surface area contributed by atoms with Crippen LogP contribution in [0.3, 0.4) is 0 Å². The second-order valence-corrected chi connectivity index (χ2v) is 7.32. The van der Waals surface area contributed by atoms with Crippen LogP contribution in [-0.2, 0) is 0 Å². The minimum atomic E-state index is -0.640. The van der Waals surface area contributed by atoms with Crippen LogP contribution in [0.5, 0.6) is 0 Å². The molecule has 0 aliphatic rings. The number of halogens is 4. The first-order valence-corrected chi connectivity index (χ1v) is 9.82. The van der Waals surface area contributed by atoms with Crippen LogP contribution in [-0.4, -0.2) is 31.1 Å². The van der Waals surface area contributed by atoms with E-state index in [4.69, 9.17) is 0 Å². The molecule has 0 bridgehead atoms. The number of hydrogen-bond donors (Lipinski definition) is 2. The quantitative estimate of drug-likeness (QED) is 0.309. The molecule has 1 amide bonds. The first-order valence-electron chi connectivity index (χ1n) is 8.94. The number of aromatic amines is 1. The van der Waals surface area contributed by atoms with Crippen molar-refractivity contribution >= 4 is 70.5 Å². The zero-order valence-electron chi connectivity index (χ0n) is 16.6.